The van der Waals surface area contributed by atoms with Crippen molar-refractivity contribution in [2.45, 2.75) is 32.4 Å². The molecule has 0 saturated carbocycles. The first-order valence-corrected chi connectivity index (χ1v) is 8.94. The zero-order chi connectivity index (χ0) is 18.5. The van der Waals surface area contributed by atoms with Crippen molar-refractivity contribution in [3.8, 4) is 0 Å². The van der Waals surface area contributed by atoms with Crippen LogP contribution in [0.4, 0.5) is 4.39 Å². The molecule has 0 radical (unpaired) electrons. The standard InChI is InChI=1S/C20H20ClFN2O2/c1-2-20(25)24(12-15-5-3-4-6-18(15)22)13-17-11-19(23-26-17)14-7-9-16(21)10-8-14/h3-10,17H,2,11-13H2,1H3/t17-/m0/s1. The normalized spacial score (nSPS) is 16.1. The van der Waals surface area contributed by atoms with Crippen LogP contribution in [0, 0.1) is 5.82 Å². The summed E-state index contributed by atoms with van der Waals surface area (Å²) in [5.74, 6) is -0.358. The number of benzene rings is 2. The van der Waals surface area contributed by atoms with Gasteiger partial charge in [-0.25, -0.2) is 4.39 Å². The molecule has 0 aliphatic carbocycles. The number of nitrogens with zero attached hydrogens (tertiary/aromatic N) is 2. The molecule has 2 aromatic carbocycles. The highest BCUT2D eigenvalue weighted by atomic mass is 35.5. The fourth-order valence-electron chi connectivity index (χ4n) is 2.90. The van der Waals surface area contributed by atoms with Crippen molar-refractivity contribution in [2.75, 3.05) is 6.54 Å². The SMILES string of the molecule is CCC(=O)N(Cc1ccccc1F)C[C@@H]1CC(c2ccc(Cl)cc2)=NO1. The summed E-state index contributed by atoms with van der Waals surface area (Å²) in [6.07, 6.45) is 0.696. The number of hydrogen-bond acceptors (Lipinski definition) is 3. The third-order valence-electron chi connectivity index (χ3n) is 4.31. The van der Waals surface area contributed by atoms with Crippen LogP contribution >= 0.6 is 11.6 Å². The second kappa shape index (κ2) is 8.32. The summed E-state index contributed by atoms with van der Waals surface area (Å²) in [5, 5.41) is 4.80. The maximum Gasteiger partial charge on any atom is 0.222 e. The molecule has 1 heterocycles. The number of rotatable bonds is 6. The van der Waals surface area contributed by atoms with Gasteiger partial charge in [0.15, 0.2) is 6.10 Å². The Bertz CT molecular complexity index is 808. The Balaban J connectivity index is 1.66. The van der Waals surface area contributed by atoms with Crippen molar-refractivity contribution in [2.24, 2.45) is 5.16 Å². The maximum absolute atomic E-state index is 13.9. The molecule has 26 heavy (non-hydrogen) atoms. The Morgan fingerprint density at radius 1 is 1.27 bits per heavy atom. The Hall–Kier alpha value is -2.40. The van der Waals surface area contributed by atoms with E-state index in [1.807, 2.05) is 12.1 Å². The van der Waals surface area contributed by atoms with Gasteiger partial charge in [0.05, 0.1) is 12.3 Å². The van der Waals surface area contributed by atoms with Crippen molar-refractivity contribution in [3.05, 3.63) is 70.5 Å². The lowest BCUT2D eigenvalue weighted by Gasteiger charge is -2.24. The van der Waals surface area contributed by atoms with Crippen molar-refractivity contribution < 1.29 is 14.0 Å². The zero-order valence-electron chi connectivity index (χ0n) is 14.5. The van der Waals surface area contributed by atoms with Crippen LogP contribution in [0.3, 0.4) is 0 Å². The molecule has 0 spiro atoms. The lowest BCUT2D eigenvalue weighted by molar-refractivity contribution is -0.133. The number of amides is 1. The lowest BCUT2D eigenvalue weighted by atomic mass is 10.0. The van der Waals surface area contributed by atoms with E-state index in [1.165, 1.54) is 6.07 Å². The summed E-state index contributed by atoms with van der Waals surface area (Å²) in [6, 6.07) is 13.9. The summed E-state index contributed by atoms with van der Waals surface area (Å²) >= 11 is 5.91. The molecule has 0 saturated heterocycles. The molecule has 1 aliphatic rings. The second-order valence-corrected chi connectivity index (χ2v) is 6.63. The monoisotopic (exact) mass is 374 g/mol. The van der Waals surface area contributed by atoms with Gasteiger partial charge in [-0.1, -0.05) is 54.0 Å². The fraction of sp³-hybridized carbons (Fsp3) is 0.300. The predicted molar refractivity (Wildman–Crippen MR) is 99.6 cm³/mol. The molecule has 2 aromatic rings. The summed E-state index contributed by atoms with van der Waals surface area (Å²) in [4.78, 5) is 19.4. The van der Waals surface area contributed by atoms with Crippen LogP contribution < -0.4 is 0 Å². The predicted octanol–water partition coefficient (Wildman–Crippen LogP) is 4.41. The Morgan fingerprint density at radius 3 is 2.69 bits per heavy atom. The molecule has 4 nitrogen and oxygen atoms in total. The number of hydrogen-bond donors (Lipinski definition) is 0. The third kappa shape index (κ3) is 4.41. The van der Waals surface area contributed by atoms with Crippen LogP contribution in [-0.4, -0.2) is 29.2 Å². The molecule has 0 fully saturated rings. The van der Waals surface area contributed by atoms with Crippen molar-refractivity contribution in [1.82, 2.24) is 4.90 Å². The van der Waals surface area contributed by atoms with Crippen LogP contribution in [-0.2, 0) is 16.2 Å². The highest BCUT2D eigenvalue weighted by molar-refractivity contribution is 6.30. The van der Waals surface area contributed by atoms with E-state index >= 15 is 0 Å². The largest absolute Gasteiger partial charge is 0.390 e. The van der Waals surface area contributed by atoms with Gasteiger partial charge >= 0.3 is 0 Å². The fourth-order valence-corrected chi connectivity index (χ4v) is 3.02. The van der Waals surface area contributed by atoms with Gasteiger partial charge in [-0.05, 0) is 23.8 Å². The maximum atomic E-state index is 13.9. The first kappa shape index (κ1) is 18.4. The molecule has 136 valence electrons. The Morgan fingerprint density at radius 2 is 2.00 bits per heavy atom. The van der Waals surface area contributed by atoms with E-state index in [0.717, 1.165) is 11.3 Å². The van der Waals surface area contributed by atoms with Gasteiger partial charge in [0.1, 0.15) is 5.82 Å². The van der Waals surface area contributed by atoms with E-state index in [-0.39, 0.29) is 24.4 Å². The van der Waals surface area contributed by atoms with Crippen LogP contribution in [0.1, 0.15) is 30.9 Å². The third-order valence-corrected chi connectivity index (χ3v) is 4.56. The van der Waals surface area contributed by atoms with E-state index in [2.05, 4.69) is 5.16 Å². The summed E-state index contributed by atoms with van der Waals surface area (Å²) in [5.41, 5.74) is 2.26. The van der Waals surface area contributed by atoms with Gasteiger partial charge in [-0.2, -0.15) is 0 Å². The van der Waals surface area contributed by atoms with Crippen molar-refractivity contribution in [3.63, 3.8) is 0 Å². The van der Waals surface area contributed by atoms with Gasteiger partial charge in [0, 0.05) is 30.0 Å². The van der Waals surface area contributed by atoms with Crippen LogP contribution in [0.2, 0.25) is 5.02 Å². The molecule has 0 unspecified atom stereocenters. The van der Waals surface area contributed by atoms with E-state index < -0.39 is 0 Å². The molecular weight excluding hydrogens is 355 g/mol. The molecular formula is C20H20ClFN2O2. The minimum atomic E-state index is -0.313. The summed E-state index contributed by atoms with van der Waals surface area (Å²) < 4.78 is 13.9. The second-order valence-electron chi connectivity index (χ2n) is 6.20. The molecule has 0 N–H and O–H groups in total. The molecule has 1 amide bonds. The molecule has 3 rings (SSSR count). The molecule has 1 aliphatic heterocycles. The Labute approximate surface area is 157 Å². The molecule has 0 aromatic heterocycles. The quantitative estimate of drug-likeness (QED) is 0.751. The summed E-state index contributed by atoms with van der Waals surface area (Å²) in [7, 11) is 0. The molecule has 1 atom stereocenters. The van der Waals surface area contributed by atoms with Gasteiger partial charge in [0.25, 0.3) is 0 Å². The molecule has 6 heteroatoms. The Kier molecular flexibility index (Phi) is 5.89. The van der Waals surface area contributed by atoms with Gasteiger partial charge in [-0.3, -0.25) is 4.79 Å². The number of halogens is 2. The summed E-state index contributed by atoms with van der Waals surface area (Å²) in [6.45, 7) is 2.37. The van der Waals surface area contributed by atoms with Crippen LogP contribution in [0.5, 0.6) is 0 Å². The first-order valence-electron chi connectivity index (χ1n) is 8.56. The average Bonchev–Trinajstić information content (AvgIpc) is 3.11. The number of oxime groups is 1. The van der Waals surface area contributed by atoms with Crippen molar-refractivity contribution in [1.29, 1.82) is 0 Å². The first-order chi connectivity index (χ1) is 12.6. The van der Waals surface area contributed by atoms with Gasteiger partial charge < -0.3 is 9.74 Å². The topological polar surface area (TPSA) is 41.9 Å². The highest BCUT2D eigenvalue weighted by Crippen LogP contribution is 2.21. The van der Waals surface area contributed by atoms with E-state index in [9.17, 15) is 9.18 Å². The van der Waals surface area contributed by atoms with Crippen LogP contribution in [0.25, 0.3) is 0 Å². The van der Waals surface area contributed by atoms with Crippen molar-refractivity contribution >= 4 is 23.2 Å². The van der Waals surface area contributed by atoms with E-state index in [1.54, 1.807) is 42.2 Å². The molecule has 0 bridgehead atoms. The number of carbonyl (C=O) groups excluding carboxylic acids is 1. The van der Waals surface area contributed by atoms with Gasteiger partial charge in [-0.15, -0.1) is 0 Å². The minimum Gasteiger partial charge on any atom is -0.390 e. The average molecular weight is 375 g/mol. The minimum absolute atomic E-state index is 0.0446. The van der Waals surface area contributed by atoms with E-state index in [0.29, 0.717) is 30.0 Å². The van der Waals surface area contributed by atoms with Gasteiger partial charge in [0.2, 0.25) is 5.91 Å². The smallest absolute Gasteiger partial charge is 0.222 e. The zero-order valence-corrected chi connectivity index (χ0v) is 15.2. The van der Waals surface area contributed by atoms with Crippen LogP contribution in [0.15, 0.2) is 53.7 Å². The lowest BCUT2D eigenvalue weighted by Crippen LogP contribution is -2.37. The van der Waals surface area contributed by atoms with E-state index in [4.69, 9.17) is 16.4 Å². The number of carbonyl (C=O) groups is 1. The highest BCUT2D eigenvalue weighted by Gasteiger charge is 2.26.